The van der Waals surface area contributed by atoms with Gasteiger partial charge in [0.2, 0.25) is 5.91 Å². The third kappa shape index (κ3) is 3.75. The van der Waals surface area contributed by atoms with E-state index in [1.54, 1.807) is 6.26 Å². The monoisotopic (exact) mass is 210 g/mol. The summed E-state index contributed by atoms with van der Waals surface area (Å²) in [4.78, 5) is 11.4. The predicted molar refractivity (Wildman–Crippen MR) is 58.2 cm³/mol. The predicted octanol–water partition coefficient (Wildman–Crippen LogP) is 0.922. The number of nitrogens with two attached hydrogens (primary N) is 1. The Kier molecular flexibility index (Phi) is 4.37. The quantitative estimate of drug-likeness (QED) is 0.759. The van der Waals surface area contributed by atoms with Crippen molar-refractivity contribution in [1.82, 2.24) is 5.32 Å². The van der Waals surface area contributed by atoms with Gasteiger partial charge in [0.15, 0.2) is 0 Å². The molecule has 0 spiro atoms. The van der Waals surface area contributed by atoms with Crippen LogP contribution in [0.4, 0.5) is 0 Å². The second-order valence-electron chi connectivity index (χ2n) is 3.89. The third-order valence-corrected chi connectivity index (χ3v) is 2.27. The first-order valence-electron chi connectivity index (χ1n) is 5.17. The molecule has 0 saturated carbocycles. The molecule has 0 aliphatic rings. The van der Waals surface area contributed by atoms with Gasteiger partial charge in [-0.05, 0) is 18.1 Å². The van der Waals surface area contributed by atoms with Gasteiger partial charge >= 0.3 is 0 Å². The second-order valence-corrected chi connectivity index (χ2v) is 3.89. The lowest BCUT2D eigenvalue weighted by molar-refractivity contribution is -0.123. The van der Waals surface area contributed by atoms with Crippen molar-refractivity contribution in [3.8, 4) is 0 Å². The highest BCUT2D eigenvalue weighted by Gasteiger charge is 2.16. The molecule has 0 aromatic carbocycles. The first kappa shape index (κ1) is 11.8. The van der Waals surface area contributed by atoms with Crippen molar-refractivity contribution < 1.29 is 9.21 Å². The zero-order valence-electron chi connectivity index (χ0n) is 9.19. The molecule has 1 heterocycles. The van der Waals surface area contributed by atoms with E-state index in [1.807, 2.05) is 26.0 Å². The molecular formula is C11H18N2O2. The standard InChI is InChI=1S/C11H18N2O2/c1-8(2)10(12)11(14)13-6-5-9-4-3-7-15-9/h3-4,7-8,10H,5-6,12H2,1-2H3,(H,13,14)/t10-/m0/s1. The van der Waals surface area contributed by atoms with E-state index in [0.29, 0.717) is 13.0 Å². The maximum atomic E-state index is 11.4. The van der Waals surface area contributed by atoms with Crippen LogP contribution in [0.25, 0.3) is 0 Å². The lowest BCUT2D eigenvalue weighted by atomic mass is 10.1. The second kappa shape index (κ2) is 5.56. The molecule has 1 aromatic heterocycles. The van der Waals surface area contributed by atoms with Gasteiger partial charge < -0.3 is 15.5 Å². The van der Waals surface area contributed by atoms with Crippen LogP contribution in [0.5, 0.6) is 0 Å². The first-order valence-corrected chi connectivity index (χ1v) is 5.17. The molecule has 15 heavy (non-hydrogen) atoms. The zero-order valence-corrected chi connectivity index (χ0v) is 9.19. The van der Waals surface area contributed by atoms with E-state index in [-0.39, 0.29) is 11.8 Å². The summed E-state index contributed by atoms with van der Waals surface area (Å²) in [6, 6.07) is 3.28. The average Bonchev–Trinajstić information content (AvgIpc) is 2.69. The van der Waals surface area contributed by atoms with E-state index in [1.165, 1.54) is 0 Å². The molecule has 4 nitrogen and oxygen atoms in total. The van der Waals surface area contributed by atoms with Gasteiger partial charge in [-0.2, -0.15) is 0 Å². The van der Waals surface area contributed by atoms with Gasteiger partial charge in [-0.25, -0.2) is 0 Å². The van der Waals surface area contributed by atoms with Gasteiger partial charge in [-0.3, -0.25) is 4.79 Å². The van der Waals surface area contributed by atoms with E-state index < -0.39 is 6.04 Å². The molecule has 1 rings (SSSR count). The van der Waals surface area contributed by atoms with E-state index in [9.17, 15) is 4.79 Å². The average molecular weight is 210 g/mol. The summed E-state index contributed by atoms with van der Waals surface area (Å²) in [5, 5.41) is 2.78. The molecule has 84 valence electrons. The fourth-order valence-corrected chi connectivity index (χ4v) is 1.18. The fraction of sp³-hybridized carbons (Fsp3) is 0.545. The van der Waals surface area contributed by atoms with E-state index in [0.717, 1.165) is 5.76 Å². The van der Waals surface area contributed by atoms with Crippen LogP contribution in [0.1, 0.15) is 19.6 Å². The Morgan fingerprint density at radius 3 is 2.87 bits per heavy atom. The van der Waals surface area contributed by atoms with Gasteiger partial charge in [-0.15, -0.1) is 0 Å². The number of nitrogens with one attached hydrogen (secondary N) is 1. The van der Waals surface area contributed by atoms with Crippen LogP contribution in [0.3, 0.4) is 0 Å². The molecule has 0 unspecified atom stereocenters. The molecule has 1 atom stereocenters. The minimum Gasteiger partial charge on any atom is -0.469 e. The smallest absolute Gasteiger partial charge is 0.237 e. The number of furan rings is 1. The number of carbonyl (C=O) groups excluding carboxylic acids is 1. The van der Waals surface area contributed by atoms with Crippen molar-refractivity contribution in [2.75, 3.05) is 6.54 Å². The van der Waals surface area contributed by atoms with Crippen LogP contribution in [0.2, 0.25) is 0 Å². The molecule has 0 bridgehead atoms. The highest BCUT2D eigenvalue weighted by molar-refractivity contribution is 5.81. The SMILES string of the molecule is CC(C)[C@H](N)C(=O)NCCc1ccco1. The Bertz CT molecular complexity index is 294. The number of hydrogen-bond donors (Lipinski definition) is 2. The first-order chi connectivity index (χ1) is 7.11. The van der Waals surface area contributed by atoms with Crippen molar-refractivity contribution in [2.24, 2.45) is 11.7 Å². The molecule has 0 saturated heterocycles. The van der Waals surface area contributed by atoms with Gasteiger partial charge in [0.25, 0.3) is 0 Å². The zero-order chi connectivity index (χ0) is 11.3. The summed E-state index contributed by atoms with van der Waals surface area (Å²) in [6.07, 6.45) is 2.32. The Balaban J connectivity index is 2.23. The number of hydrogen-bond acceptors (Lipinski definition) is 3. The largest absolute Gasteiger partial charge is 0.469 e. The Morgan fingerprint density at radius 1 is 1.60 bits per heavy atom. The Morgan fingerprint density at radius 2 is 2.33 bits per heavy atom. The van der Waals surface area contributed by atoms with Crippen LogP contribution in [0.15, 0.2) is 22.8 Å². The van der Waals surface area contributed by atoms with Gasteiger partial charge in [-0.1, -0.05) is 13.8 Å². The lowest BCUT2D eigenvalue weighted by Gasteiger charge is -2.14. The van der Waals surface area contributed by atoms with Gasteiger partial charge in [0.05, 0.1) is 12.3 Å². The summed E-state index contributed by atoms with van der Waals surface area (Å²) < 4.78 is 5.14. The van der Waals surface area contributed by atoms with Crippen molar-refractivity contribution in [3.05, 3.63) is 24.2 Å². The molecule has 1 amide bonds. The number of carbonyl (C=O) groups is 1. The van der Waals surface area contributed by atoms with Gasteiger partial charge in [0.1, 0.15) is 5.76 Å². The molecule has 3 N–H and O–H groups in total. The van der Waals surface area contributed by atoms with E-state index in [4.69, 9.17) is 10.2 Å². The van der Waals surface area contributed by atoms with E-state index in [2.05, 4.69) is 5.32 Å². The Hall–Kier alpha value is -1.29. The molecular weight excluding hydrogens is 192 g/mol. The van der Waals surface area contributed by atoms with Crippen LogP contribution in [-0.4, -0.2) is 18.5 Å². The Labute approximate surface area is 89.8 Å². The molecule has 1 aromatic rings. The number of amides is 1. The minimum absolute atomic E-state index is 0.100. The highest BCUT2D eigenvalue weighted by atomic mass is 16.3. The molecule has 0 fully saturated rings. The van der Waals surface area contributed by atoms with Crippen molar-refractivity contribution in [3.63, 3.8) is 0 Å². The van der Waals surface area contributed by atoms with Crippen molar-refractivity contribution >= 4 is 5.91 Å². The molecule has 0 aliphatic heterocycles. The van der Waals surface area contributed by atoms with Gasteiger partial charge in [0, 0.05) is 13.0 Å². The third-order valence-electron chi connectivity index (χ3n) is 2.27. The number of rotatable bonds is 5. The normalized spacial score (nSPS) is 12.8. The van der Waals surface area contributed by atoms with Crippen molar-refractivity contribution in [1.29, 1.82) is 0 Å². The van der Waals surface area contributed by atoms with E-state index >= 15 is 0 Å². The minimum atomic E-state index is -0.429. The topological polar surface area (TPSA) is 68.3 Å². The van der Waals surface area contributed by atoms with Crippen molar-refractivity contribution in [2.45, 2.75) is 26.3 Å². The molecule has 4 heteroatoms. The summed E-state index contributed by atoms with van der Waals surface area (Å²) in [6.45, 7) is 4.42. The maximum absolute atomic E-state index is 11.4. The maximum Gasteiger partial charge on any atom is 0.237 e. The van der Waals surface area contributed by atoms with Crippen LogP contribution >= 0.6 is 0 Å². The van der Waals surface area contributed by atoms with Crippen LogP contribution in [0, 0.1) is 5.92 Å². The van der Waals surface area contributed by atoms with Crippen LogP contribution < -0.4 is 11.1 Å². The van der Waals surface area contributed by atoms with Crippen LogP contribution in [-0.2, 0) is 11.2 Å². The summed E-state index contributed by atoms with van der Waals surface area (Å²) in [5.41, 5.74) is 5.68. The molecule has 0 radical (unpaired) electrons. The fourth-order valence-electron chi connectivity index (χ4n) is 1.18. The highest BCUT2D eigenvalue weighted by Crippen LogP contribution is 2.00. The summed E-state index contributed by atoms with van der Waals surface area (Å²) in [5.74, 6) is 0.929. The lowest BCUT2D eigenvalue weighted by Crippen LogP contribution is -2.44. The molecule has 0 aliphatic carbocycles. The summed E-state index contributed by atoms with van der Waals surface area (Å²) >= 11 is 0. The summed E-state index contributed by atoms with van der Waals surface area (Å²) in [7, 11) is 0.